The van der Waals surface area contributed by atoms with Crippen LogP contribution in [0.15, 0.2) is 59.5 Å². The quantitative estimate of drug-likeness (QED) is 0.321. The summed E-state index contributed by atoms with van der Waals surface area (Å²) in [6, 6.07) is 14.1. The topological polar surface area (TPSA) is 113 Å². The third-order valence-electron chi connectivity index (χ3n) is 6.48. The zero-order chi connectivity index (χ0) is 24.1. The Morgan fingerprint density at radius 2 is 1.88 bits per heavy atom. The summed E-state index contributed by atoms with van der Waals surface area (Å²) in [7, 11) is -3.86. The van der Waals surface area contributed by atoms with E-state index in [1.165, 1.54) is 23.3 Å². The molecule has 9 heteroatoms. The lowest BCUT2D eigenvalue weighted by molar-refractivity contribution is -0.133. The molecule has 0 radical (unpaired) electrons. The number of carbonyl (C=O) groups is 2. The van der Waals surface area contributed by atoms with E-state index in [-0.39, 0.29) is 4.90 Å². The van der Waals surface area contributed by atoms with E-state index in [1.807, 2.05) is 11.0 Å². The number of nitrogens with two attached hydrogens (primary N) is 1. The van der Waals surface area contributed by atoms with E-state index < -0.39 is 21.8 Å². The summed E-state index contributed by atoms with van der Waals surface area (Å²) in [5.41, 5.74) is 3.79. The molecule has 4 rings (SSSR count). The fourth-order valence-corrected chi connectivity index (χ4v) is 5.20. The van der Waals surface area contributed by atoms with E-state index in [2.05, 4.69) is 40.6 Å². The van der Waals surface area contributed by atoms with Crippen LogP contribution in [0.1, 0.15) is 36.4 Å². The molecule has 0 bridgehead atoms. The fraction of sp³-hybridized carbons (Fsp3) is 0.360. The molecular formula is C25H30N4O4S. The van der Waals surface area contributed by atoms with E-state index >= 15 is 0 Å². The Morgan fingerprint density at radius 3 is 2.56 bits per heavy atom. The summed E-state index contributed by atoms with van der Waals surface area (Å²) in [4.78, 5) is 28.1. The number of anilines is 1. The number of aldehydes is 1. The van der Waals surface area contributed by atoms with Crippen LogP contribution in [0.4, 0.5) is 5.69 Å². The minimum Gasteiger partial charge on any atom is -0.372 e. The molecule has 2 aromatic carbocycles. The molecule has 2 aromatic rings. The molecule has 2 aliphatic heterocycles. The first-order valence-corrected chi connectivity index (χ1v) is 13.0. The molecule has 0 amide bonds. The van der Waals surface area contributed by atoms with Crippen molar-refractivity contribution in [1.29, 1.82) is 0 Å². The number of fused-ring (bicyclic) bond motifs is 1. The number of hydrogen-bond donors (Lipinski definition) is 2. The lowest BCUT2D eigenvalue weighted by Gasteiger charge is -2.36. The Morgan fingerprint density at radius 1 is 1.12 bits per heavy atom. The lowest BCUT2D eigenvalue weighted by atomic mass is 9.97. The van der Waals surface area contributed by atoms with Gasteiger partial charge in [-0.15, -0.1) is 0 Å². The Bertz CT molecular complexity index is 1180. The van der Waals surface area contributed by atoms with E-state index in [0.29, 0.717) is 30.8 Å². The molecule has 1 unspecified atom stereocenters. The summed E-state index contributed by atoms with van der Waals surface area (Å²) in [6.07, 6.45) is 5.53. The van der Waals surface area contributed by atoms with Crippen molar-refractivity contribution >= 4 is 33.4 Å². The van der Waals surface area contributed by atoms with Crippen LogP contribution in [-0.2, 0) is 19.6 Å². The van der Waals surface area contributed by atoms with Crippen molar-refractivity contribution in [2.45, 2.75) is 30.2 Å². The van der Waals surface area contributed by atoms with Crippen molar-refractivity contribution in [3.8, 4) is 0 Å². The van der Waals surface area contributed by atoms with Gasteiger partial charge in [0.1, 0.15) is 6.04 Å². The average molecular weight is 483 g/mol. The number of ketones is 1. The number of carbonyl (C=O) groups excluding carboxylic acids is 2. The van der Waals surface area contributed by atoms with Crippen molar-refractivity contribution in [3.63, 3.8) is 0 Å². The first-order chi connectivity index (χ1) is 16.4. The smallest absolute Gasteiger partial charge is 0.238 e. The zero-order valence-corrected chi connectivity index (χ0v) is 19.8. The molecule has 0 spiro atoms. The van der Waals surface area contributed by atoms with E-state index in [0.717, 1.165) is 38.9 Å². The average Bonchev–Trinajstić information content (AvgIpc) is 2.86. The third-order valence-corrected chi connectivity index (χ3v) is 7.39. The second kappa shape index (κ2) is 10.6. The van der Waals surface area contributed by atoms with Crippen molar-refractivity contribution in [3.05, 3.63) is 65.7 Å². The van der Waals surface area contributed by atoms with Gasteiger partial charge < -0.3 is 5.32 Å². The number of primary sulfonamides is 1. The highest BCUT2D eigenvalue weighted by atomic mass is 32.2. The van der Waals surface area contributed by atoms with Gasteiger partial charge in [0, 0.05) is 30.9 Å². The van der Waals surface area contributed by atoms with Gasteiger partial charge in [0.25, 0.3) is 0 Å². The predicted molar refractivity (Wildman–Crippen MR) is 132 cm³/mol. The summed E-state index contributed by atoms with van der Waals surface area (Å²) in [6.45, 7) is 3.92. The first kappa shape index (κ1) is 24.3. The van der Waals surface area contributed by atoms with Gasteiger partial charge in [-0.3, -0.25) is 19.4 Å². The molecule has 8 nitrogen and oxygen atoms in total. The Labute approximate surface area is 200 Å². The maximum Gasteiger partial charge on any atom is 0.238 e. The lowest BCUT2D eigenvalue weighted by Crippen LogP contribution is -2.42. The number of hydrogen-bond acceptors (Lipinski definition) is 7. The van der Waals surface area contributed by atoms with E-state index in [9.17, 15) is 18.0 Å². The number of nitrogens with zero attached hydrogens (tertiary/aromatic N) is 2. The van der Waals surface area contributed by atoms with Crippen molar-refractivity contribution < 1.29 is 18.0 Å². The second-order valence-corrected chi connectivity index (χ2v) is 10.3. The van der Waals surface area contributed by atoms with Crippen LogP contribution in [0, 0.1) is 0 Å². The molecule has 0 fully saturated rings. The van der Waals surface area contributed by atoms with Gasteiger partial charge >= 0.3 is 0 Å². The van der Waals surface area contributed by atoms with E-state index in [1.54, 1.807) is 6.07 Å². The number of sulfonamides is 1. The standard InChI is InChI=1S/C25H30N4O4S/c26-34(32,33)21-8-9-22-23(16-21)27-18-29(25(22)24(31)17-30)13-5-4-12-28-14-10-20(11-15-28)19-6-2-1-3-7-19/h1-3,6-10,16-17,25,27H,4-5,11-15,18H2,(H2,26,32,33). The SMILES string of the molecule is NS(=O)(=O)c1ccc2c(c1)NCN(CCCCN1CC=C(c3ccccc3)CC1)C2C(=O)C=O. The number of benzene rings is 2. The van der Waals surface area contributed by atoms with Crippen LogP contribution in [0.2, 0.25) is 0 Å². The van der Waals surface area contributed by atoms with Gasteiger partial charge in [-0.25, -0.2) is 13.6 Å². The Hall–Kier alpha value is -2.85. The van der Waals surface area contributed by atoms with Gasteiger partial charge in [-0.1, -0.05) is 42.5 Å². The largest absolute Gasteiger partial charge is 0.372 e. The molecule has 180 valence electrons. The summed E-state index contributed by atoms with van der Waals surface area (Å²) < 4.78 is 23.3. The normalized spacial score (nSPS) is 19.1. The van der Waals surface area contributed by atoms with Crippen LogP contribution in [0.5, 0.6) is 0 Å². The number of nitrogens with one attached hydrogen (secondary N) is 1. The molecule has 0 saturated heterocycles. The van der Waals surface area contributed by atoms with Crippen LogP contribution < -0.4 is 10.5 Å². The van der Waals surface area contributed by atoms with Gasteiger partial charge in [-0.2, -0.15) is 0 Å². The van der Waals surface area contributed by atoms with Gasteiger partial charge in [0.15, 0.2) is 6.29 Å². The summed E-state index contributed by atoms with van der Waals surface area (Å²) in [5, 5.41) is 8.39. The van der Waals surface area contributed by atoms with Crippen molar-refractivity contribution in [2.75, 3.05) is 38.2 Å². The molecular weight excluding hydrogens is 452 g/mol. The highest BCUT2D eigenvalue weighted by molar-refractivity contribution is 7.89. The maximum absolute atomic E-state index is 12.5. The molecule has 0 aromatic heterocycles. The minimum atomic E-state index is -3.86. The van der Waals surface area contributed by atoms with Crippen molar-refractivity contribution in [1.82, 2.24) is 9.80 Å². The molecule has 34 heavy (non-hydrogen) atoms. The third kappa shape index (κ3) is 5.61. The number of unbranched alkanes of at least 4 members (excludes halogenated alkanes) is 1. The van der Waals surface area contributed by atoms with E-state index in [4.69, 9.17) is 5.14 Å². The molecule has 2 aliphatic rings. The highest BCUT2D eigenvalue weighted by Crippen LogP contribution is 2.34. The molecule has 1 atom stereocenters. The van der Waals surface area contributed by atoms with Gasteiger partial charge in [0.2, 0.25) is 15.8 Å². The van der Waals surface area contributed by atoms with Crippen LogP contribution in [0.3, 0.4) is 0 Å². The minimum absolute atomic E-state index is 0.0319. The molecule has 3 N–H and O–H groups in total. The number of Topliss-reactive ketones (excluding diaryl/α,β-unsaturated/α-hetero) is 1. The van der Waals surface area contributed by atoms with Crippen molar-refractivity contribution in [2.24, 2.45) is 5.14 Å². The monoisotopic (exact) mass is 482 g/mol. The highest BCUT2D eigenvalue weighted by Gasteiger charge is 2.33. The van der Waals surface area contributed by atoms with Crippen LogP contribution >= 0.6 is 0 Å². The molecule has 0 saturated carbocycles. The maximum atomic E-state index is 12.5. The Kier molecular flexibility index (Phi) is 7.57. The Balaban J connectivity index is 1.33. The fourth-order valence-electron chi connectivity index (χ4n) is 4.66. The molecule has 0 aliphatic carbocycles. The zero-order valence-electron chi connectivity index (χ0n) is 19.0. The van der Waals surface area contributed by atoms with Crippen LogP contribution in [0.25, 0.3) is 5.57 Å². The second-order valence-electron chi connectivity index (χ2n) is 8.72. The van der Waals surface area contributed by atoms with Gasteiger partial charge in [0.05, 0.1) is 11.6 Å². The molecule has 2 heterocycles. The summed E-state index contributed by atoms with van der Waals surface area (Å²) >= 11 is 0. The van der Waals surface area contributed by atoms with Gasteiger partial charge in [-0.05, 0) is 49.1 Å². The number of rotatable bonds is 9. The van der Waals surface area contributed by atoms with Crippen LogP contribution in [-0.4, -0.2) is 63.1 Å². The first-order valence-electron chi connectivity index (χ1n) is 11.5. The summed E-state index contributed by atoms with van der Waals surface area (Å²) in [5.74, 6) is -0.541. The predicted octanol–water partition coefficient (Wildman–Crippen LogP) is 2.40.